The molecule has 0 saturated carbocycles. The van der Waals surface area contributed by atoms with E-state index in [0.29, 0.717) is 5.75 Å². The monoisotopic (exact) mass is 306 g/mol. The summed E-state index contributed by atoms with van der Waals surface area (Å²) in [5.41, 5.74) is 0.878. The van der Waals surface area contributed by atoms with Crippen LogP contribution in [0.5, 0.6) is 0 Å². The smallest absolute Gasteiger partial charge is 0.337 e. The summed E-state index contributed by atoms with van der Waals surface area (Å²) in [6.07, 6.45) is 0.215. The Morgan fingerprint density at radius 1 is 1.33 bits per heavy atom. The van der Waals surface area contributed by atoms with Gasteiger partial charge in [-0.25, -0.2) is 4.79 Å². The highest BCUT2D eigenvalue weighted by Crippen LogP contribution is 2.38. The van der Waals surface area contributed by atoms with Crippen LogP contribution in [0.15, 0.2) is 30.3 Å². The Labute approximate surface area is 125 Å². The number of nitrogens with zero attached hydrogens (tertiary/aromatic N) is 1. The van der Waals surface area contributed by atoms with E-state index in [9.17, 15) is 14.4 Å². The summed E-state index contributed by atoms with van der Waals surface area (Å²) in [5, 5.41) is 10.9. The van der Waals surface area contributed by atoms with E-state index in [2.05, 4.69) is 5.32 Å². The number of nitrogens with one attached hydrogen (secondary N) is 1. The number of rotatable bonds is 4. The molecule has 2 fully saturated rings. The van der Waals surface area contributed by atoms with Gasteiger partial charge in [0.05, 0.1) is 12.5 Å². The SMILES string of the molecule is O=C(Cc1ccccc1)N[C@@H]1C(=O)N2C(C(=O)O)SCC12. The number of carbonyl (C=O) groups excluding carboxylic acids is 2. The number of carbonyl (C=O) groups is 3. The van der Waals surface area contributed by atoms with Crippen LogP contribution in [0.3, 0.4) is 0 Å². The fraction of sp³-hybridized carbons (Fsp3) is 0.357. The molecule has 2 amide bonds. The number of amides is 2. The van der Waals surface area contributed by atoms with Crippen LogP contribution in [-0.2, 0) is 20.8 Å². The highest BCUT2D eigenvalue weighted by atomic mass is 32.2. The number of benzene rings is 1. The van der Waals surface area contributed by atoms with Crippen LogP contribution in [-0.4, -0.2) is 51.0 Å². The van der Waals surface area contributed by atoms with E-state index in [1.54, 1.807) is 0 Å². The minimum Gasteiger partial charge on any atom is -0.479 e. The largest absolute Gasteiger partial charge is 0.479 e. The fourth-order valence-electron chi connectivity index (χ4n) is 2.66. The molecule has 21 heavy (non-hydrogen) atoms. The van der Waals surface area contributed by atoms with Gasteiger partial charge in [-0.3, -0.25) is 9.59 Å². The first kappa shape index (κ1) is 13.9. The molecule has 6 nitrogen and oxygen atoms in total. The van der Waals surface area contributed by atoms with Crippen LogP contribution < -0.4 is 5.32 Å². The second-order valence-corrected chi connectivity index (χ2v) is 6.16. The van der Waals surface area contributed by atoms with E-state index in [1.807, 2.05) is 30.3 Å². The summed E-state index contributed by atoms with van der Waals surface area (Å²) in [7, 11) is 0. The number of hydrogen-bond donors (Lipinski definition) is 2. The number of carboxylic acid groups (broad SMARTS) is 1. The van der Waals surface area contributed by atoms with Crippen LogP contribution >= 0.6 is 11.8 Å². The average Bonchev–Trinajstić information content (AvgIpc) is 2.86. The van der Waals surface area contributed by atoms with Gasteiger partial charge in [0.2, 0.25) is 11.8 Å². The first-order valence-corrected chi connectivity index (χ1v) is 7.62. The Morgan fingerprint density at radius 2 is 2.05 bits per heavy atom. The van der Waals surface area contributed by atoms with Gasteiger partial charge in [-0.1, -0.05) is 30.3 Å². The van der Waals surface area contributed by atoms with Crippen LogP contribution in [0.1, 0.15) is 5.56 Å². The van der Waals surface area contributed by atoms with Crippen molar-refractivity contribution in [3.63, 3.8) is 0 Å². The zero-order valence-electron chi connectivity index (χ0n) is 11.1. The first-order chi connectivity index (χ1) is 10.1. The Kier molecular flexibility index (Phi) is 3.59. The third kappa shape index (κ3) is 2.49. The van der Waals surface area contributed by atoms with Crippen LogP contribution in [0.4, 0.5) is 0 Å². The highest BCUT2D eigenvalue weighted by molar-refractivity contribution is 8.00. The van der Waals surface area contributed by atoms with Gasteiger partial charge in [0.25, 0.3) is 0 Å². The molecule has 0 aliphatic carbocycles. The number of thioether (sulfide) groups is 1. The molecule has 1 aromatic rings. The second-order valence-electron chi connectivity index (χ2n) is 5.04. The summed E-state index contributed by atoms with van der Waals surface area (Å²) < 4.78 is 0. The predicted molar refractivity (Wildman–Crippen MR) is 76.6 cm³/mol. The third-order valence-corrected chi connectivity index (χ3v) is 4.95. The number of β-lactam (4-membered cyclic amide) rings is 1. The zero-order valence-corrected chi connectivity index (χ0v) is 11.9. The van der Waals surface area contributed by atoms with Crippen LogP contribution in [0.25, 0.3) is 0 Å². The van der Waals surface area contributed by atoms with Gasteiger partial charge in [-0.15, -0.1) is 11.8 Å². The molecule has 2 unspecified atom stereocenters. The van der Waals surface area contributed by atoms with E-state index >= 15 is 0 Å². The molecule has 2 heterocycles. The van der Waals surface area contributed by atoms with E-state index in [-0.39, 0.29) is 24.3 Å². The third-order valence-electron chi connectivity index (χ3n) is 3.68. The maximum absolute atomic E-state index is 12.0. The van der Waals surface area contributed by atoms with Gasteiger partial charge >= 0.3 is 5.97 Å². The summed E-state index contributed by atoms with van der Waals surface area (Å²) in [4.78, 5) is 36.3. The first-order valence-electron chi connectivity index (χ1n) is 6.58. The van der Waals surface area contributed by atoms with Crippen molar-refractivity contribution in [1.29, 1.82) is 0 Å². The molecule has 3 rings (SSSR count). The van der Waals surface area contributed by atoms with E-state index in [1.165, 1.54) is 16.7 Å². The lowest BCUT2D eigenvalue weighted by Gasteiger charge is -2.43. The standard InChI is InChI=1S/C14H14N2O4S/c17-10(6-8-4-2-1-3-5-8)15-11-9-7-21-13(14(19)20)16(9)12(11)18/h1-5,9,11,13H,6-7H2,(H,15,17)(H,19,20)/t9?,11-,13?/m0/s1. The Bertz CT molecular complexity index is 592. The molecule has 110 valence electrons. The quantitative estimate of drug-likeness (QED) is 0.770. The molecule has 0 aromatic heterocycles. The maximum atomic E-state index is 12.0. The van der Waals surface area contributed by atoms with Crippen LogP contribution in [0.2, 0.25) is 0 Å². The molecule has 1 aromatic carbocycles. The molecule has 7 heteroatoms. The van der Waals surface area contributed by atoms with Gasteiger partial charge in [-0.2, -0.15) is 0 Å². The molecule has 2 N–H and O–H groups in total. The minimum atomic E-state index is -1.01. The fourth-order valence-corrected chi connectivity index (χ4v) is 3.95. The molecule has 0 bridgehead atoms. The summed E-state index contributed by atoms with van der Waals surface area (Å²) in [5.74, 6) is -0.995. The summed E-state index contributed by atoms with van der Waals surface area (Å²) >= 11 is 1.22. The Hall–Kier alpha value is -2.02. The van der Waals surface area contributed by atoms with Crippen molar-refractivity contribution in [1.82, 2.24) is 10.2 Å². The molecule has 2 saturated heterocycles. The number of aliphatic carboxylic acids is 1. The topological polar surface area (TPSA) is 86.7 Å². The van der Waals surface area contributed by atoms with Crippen LogP contribution in [0, 0.1) is 0 Å². The second kappa shape index (κ2) is 5.40. The lowest BCUT2D eigenvalue weighted by Crippen LogP contribution is -2.71. The zero-order chi connectivity index (χ0) is 15.0. The van der Waals surface area contributed by atoms with Crippen molar-refractivity contribution in [2.24, 2.45) is 0 Å². The van der Waals surface area contributed by atoms with E-state index < -0.39 is 17.4 Å². The van der Waals surface area contributed by atoms with Crippen molar-refractivity contribution in [2.75, 3.05) is 5.75 Å². The Balaban J connectivity index is 1.59. The molecule has 3 atom stereocenters. The average molecular weight is 306 g/mol. The summed E-state index contributed by atoms with van der Waals surface area (Å²) in [6.45, 7) is 0. The summed E-state index contributed by atoms with van der Waals surface area (Å²) in [6, 6.07) is 8.48. The predicted octanol–water partition coefficient (Wildman–Crippen LogP) is 0.0822. The number of carboxylic acids is 1. The lowest BCUT2D eigenvalue weighted by atomic mass is 9.96. The highest BCUT2D eigenvalue weighted by Gasteiger charge is 2.57. The van der Waals surface area contributed by atoms with Gasteiger partial charge in [-0.05, 0) is 5.56 Å². The van der Waals surface area contributed by atoms with E-state index in [4.69, 9.17) is 5.11 Å². The van der Waals surface area contributed by atoms with Crippen molar-refractivity contribution in [3.05, 3.63) is 35.9 Å². The molecular formula is C14H14N2O4S. The van der Waals surface area contributed by atoms with Gasteiger partial charge in [0, 0.05) is 5.75 Å². The molecular weight excluding hydrogens is 292 g/mol. The van der Waals surface area contributed by atoms with Gasteiger partial charge in [0.1, 0.15) is 6.04 Å². The molecule has 0 radical (unpaired) electrons. The normalized spacial score (nSPS) is 27.0. The van der Waals surface area contributed by atoms with Crippen molar-refractivity contribution in [3.8, 4) is 0 Å². The lowest BCUT2D eigenvalue weighted by molar-refractivity contribution is -0.159. The van der Waals surface area contributed by atoms with Crippen molar-refractivity contribution >= 4 is 29.5 Å². The van der Waals surface area contributed by atoms with Gasteiger partial charge < -0.3 is 15.3 Å². The van der Waals surface area contributed by atoms with Gasteiger partial charge in [0.15, 0.2) is 5.37 Å². The Morgan fingerprint density at radius 3 is 2.71 bits per heavy atom. The molecule has 2 aliphatic heterocycles. The van der Waals surface area contributed by atoms with Crippen molar-refractivity contribution in [2.45, 2.75) is 23.9 Å². The molecule has 0 spiro atoms. The number of fused-ring (bicyclic) bond motifs is 1. The number of hydrogen-bond acceptors (Lipinski definition) is 4. The van der Waals surface area contributed by atoms with Crippen molar-refractivity contribution < 1.29 is 19.5 Å². The maximum Gasteiger partial charge on any atom is 0.337 e. The minimum absolute atomic E-state index is 0.205. The van der Waals surface area contributed by atoms with E-state index in [0.717, 1.165) is 5.56 Å². The molecule has 2 aliphatic rings.